The van der Waals surface area contributed by atoms with Gasteiger partial charge in [-0.2, -0.15) is 10.2 Å². The van der Waals surface area contributed by atoms with Crippen LogP contribution in [0, 0.1) is 0 Å². The second-order valence-electron chi connectivity index (χ2n) is 6.80. The van der Waals surface area contributed by atoms with Crippen LogP contribution in [0.1, 0.15) is 43.0 Å². The lowest BCUT2D eigenvalue weighted by molar-refractivity contribution is -0.129. The largest absolute Gasteiger partial charge is 0.333 e. The van der Waals surface area contributed by atoms with Gasteiger partial charge < -0.3 is 4.90 Å². The van der Waals surface area contributed by atoms with Gasteiger partial charge in [-0.05, 0) is 25.3 Å². The van der Waals surface area contributed by atoms with Gasteiger partial charge in [-0.15, -0.1) is 0 Å². The van der Waals surface area contributed by atoms with E-state index in [9.17, 15) is 4.79 Å². The van der Waals surface area contributed by atoms with Crippen LogP contribution >= 0.6 is 0 Å². The van der Waals surface area contributed by atoms with Gasteiger partial charge in [0.2, 0.25) is 5.91 Å². The fraction of sp³-hybridized carbons (Fsp3) is 0.421. The Kier molecular flexibility index (Phi) is 4.95. The van der Waals surface area contributed by atoms with Crippen LogP contribution in [0.3, 0.4) is 0 Å². The minimum Gasteiger partial charge on any atom is -0.333 e. The molecule has 3 heterocycles. The molecule has 1 aromatic carbocycles. The molecular weight excluding hydrogens is 342 g/mol. The van der Waals surface area contributed by atoms with Crippen molar-refractivity contribution in [3.63, 3.8) is 0 Å². The summed E-state index contributed by atoms with van der Waals surface area (Å²) >= 11 is 0. The molecule has 140 valence electrons. The Morgan fingerprint density at radius 2 is 2.07 bits per heavy atom. The smallest absolute Gasteiger partial charge is 0.223 e. The van der Waals surface area contributed by atoms with Crippen molar-refractivity contribution in [2.24, 2.45) is 0 Å². The molecule has 0 saturated carbocycles. The molecule has 1 unspecified atom stereocenters. The fourth-order valence-corrected chi connectivity index (χ4v) is 3.50. The first-order valence-electron chi connectivity index (χ1n) is 9.30. The molecule has 0 radical (unpaired) electrons. The SMILES string of the molecule is CC(c1nc(Cn2cncn2)nn1CCc1ccccc1)N1CCCC1=O. The second-order valence-corrected chi connectivity index (χ2v) is 6.80. The maximum absolute atomic E-state index is 12.2. The molecule has 1 aliphatic heterocycles. The fourth-order valence-electron chi connectivity index (χ4n) is 3.50. The number of aromatic nitrogens is 6. The van der Waals surface area contributed by atoms with E-state index in [1.165, 1.54) is 11.9 Å². The van der Waals surface area contributed by atoms with E-state index in [2.05, 4.69) is 22.2 Å². The Balaban J connectivity index is 1.58. The number of benzene rings is 1. The number of rotatable bonds is 7. The summed E-state index contributed by atoms with van der Waals surface area (Å²) in [7, 11) is 0. The van der Waals surface area contributed by atoms with Crippen molar-refractivity contribution in [1.82, 2.24) is 34.4 Å². The van der Waals surface area contributed by atoms with Crippen molar-refractivity contribution in [3.05, 3.63) is 60.2 Å². The van der Waals surface area contributed by atoms with Crippen molar-refractivity contribution in [3.8, 4) is 0 Å². The van der Waals surface area contributed by atoms with E-state index in [-0.39, 0.29) is 11.9 Å². The highest BCUT2D eigenvalue weighted by Crippen LogP contribution is 2.24. The molecule has 0 spiro atoms. The van der Waals surface area contributed by atoms with E-state index in [1.54, 1.807) is 11.0 Å². The Morgan fingerprint density at radius 1 is 1.22 bits per heavy atom. The Labute approximate surface area is 157 Å². The quantitative estimate of drug-likeness (QED) is 0.638. The number of carbonyl (C=O) groups is 1. The maximum Gasteiger partial charge on any atom is 0.223 e. The number of hydrogen-bond acceptors (Lipinski definition) is 5. The van der Waals surface area contributed by atoms with Crippen LogP contribution in [-0.4, -0.2) is 46.9 Å². The summed E-state index contributed by atoms with van der Waals surface area (Å²) in [6, 6.07) is 10.2. The van der Waals surface area contributed by atoms with E-state index >= 15 is 0 Å². The lowest BCUT2D eigenvalue weighted by Crippen LogP contribution is -2.30. The molecule has 1 saturated heterocycles. The molecule has 3 aromatic rings. The summed E-state index contributed by atoms with van der Waals surface area (Å²) in [5.41, 5.74) is 1.25. The zero-order chi connectivity index (χ0) is 18.6. The van der Waals surface area contributed by atoms with Crippen molar-refractivity contribution in [2.45, 2.75) is 45.3 Å². The van der Waals surface area contributed by atoms with Crippen LogP contribution in [0.4, 0.5) is 0 Å². The molecule has 8 nitrogen and oxygen atoms in total. The molecule has 1 aliphatic rings. The molecule has 2 aromatic heterocycles. The lowest BCUT2D eigenvalue weighted by atomic mass is 10.1. The van der Waals surface area contributed by atoms with Gasteiger partial charge in [0.25, 0.3) is 0 Å². The summed E-state index contributed by atoms with van der Waals surface area (Å²) < 4.78 is 3.64. The Morgan fingerprint density at radius 3 is 2.78 bits per heavy atom. The minimum atomic E-state index is -0.0900. The van der Waals surface area contributed by atoms with Crippen molar-refractivity contribution in [1.29, 1.82) is 0 Å². The average molecular weight is 365 g/mol. The first kappa shape index (κ1) is 17.4. The molecule has 0 bridgehead atoms. The first-order valence-corrected chi connectivity index (χ1v) is 9.30. The molecular formula is C19H23N7O. The third-order valence-corrected chi connectivity index (χ3v) is 4.92. The number of likely N-dealkylation sites (tertiary alicyclic amines) is 1. The van der Waals surface area contributed by atoms with E-state index in [4.69, 9.17) is 10.1 Å². The van der Waals surface area contributed by atoms with Crippen LogP contribution in [-0.2, 0) is 24.3 Å². The van der Waals surface area contributed by atoms with Gasteiger partial charge >= 0.3 is 0 Å². The van der Waals surface area contributed by atoms with Crippen LogP contribution in [0.15, 0.2) is 43.0 Å². The highest BCUT2D eigenvalue weighted by atomic mass is 16.2. The van der Waals surface area contributed by atoms with E-state index < -0.39 is 0 Å². The normalized spacial score (nSPS) is 15.4. The molecule has 0 N–H and O–H groups in total. The van der Waals surface area contributed by atoms with E-state index in [1.807, 2.05) is 34.7 Å². The molecule has 8 heteroatoms. The zero-order valence-electron chi connectivity index (χ0n) is 15.4. The Hall–Kier alpha value is -3.03. The summed E-state index contributed by atoms with van der Waals surface area (Å²) in [5.74, 6) is 1.70. The van der Waals surface area contributed by atoms with Gasteiger partial charge in [-0.3, -0.25) is 4.79 Å². The predicted octanol–water partition coefficient (Wildman–Crippen LogP) is 1.84. The van der Waals surface area contributed by atoms with Crippen LogP contribution < -0.4 is 0 Å². The van der Waals surface area contributed by atoms with Crippen LogP contribution in [0.25, 0.3) is 0 Å². The molecule has 1 amide bonds. The third kappa shape index (κ3) is 3.89. The van der Waals surface area contributed by atoms with Crippen LogP contribution in [0.5, 0.6) is 0 Å². The molecule has 4 rings (SSSR count). The predicted molar refractivity (Wildman–Crippen MR) is 98.7 cm³/mol. The highest BCUT2D eigenvalue weighted by molar-refractivity contribution is 5.78. The van der Waals surface area contributed by atoms with Crippen molar-refractivity contribution < 1.29 is 4.79 Å². The van der Waals surface area contributed by atoms with Gasteiger partial charge in [0.15, 0.2) is 5.82 Å². The number of hydrogen-bond donors (Lipinski definition) is 0. The van der Waals surface area contributed by atoms with E-state index in [0.29, 0.717) is 18.8 Å². The Bertz CT molecular complexity index is 888. The lowest BCUT2D eigenvalue weighted by Gasteiger charge is -2.23. The van der Waals surface area contributed by atoms with Crippen molar-refractivity contribution >= 4 is 5.91 Å². The standard InChI is InChI=1S/C19H23N7O/c1-15(25-10-5-8-18(25)27)19-22-17(12-24-14-20-13-21-24)23-26(19)11-9-16-6-3-2-4-7-16/h2-4,6-7,13-15H,5,8-12H2,1H3. The van der Waals surface area contributed by atoms with Gasteiger partial charge in [0.1, 0.15) is 25.0 Å². The summed E-state index contributed by atoms with van der Waals surface area (Å²) in [4.78, 5) is 22.8. The average Bonchev–Trinajstić information content (AvgIpc) is 3.42. The first-order chi connectivity index (χ1) is 13.2. The van der Waals surface area contributed by atoms with Gasteiger partial charge in [0.05, 0.1) is 6.04 Å². The third-order valence-electron chi connectivity index (χ3n) is 4.92. The van der Waals surface area contributed by atoms with Gasteiger partial charge in [-0.25, -0.2) is 19.3 Å². The summed E-state index contributed by atoms with van der Waals surface area (Å²) in [5, 5.41) is 8.83. The number of nitrogens with zero attached hydrogens (tertiary/aromatic N) is 7. The van der Waals surface area contributed by atoms with Crippen LogP contribution in [0.2, 0.25) is 0 Å². The second kappa shape index (κ2) is 7.69. The monoisotopic (exact) mass is 365 g/mol. The maximum atomic E-state index is 12.2. The number of carbonyl (C=O) groups excluding carboxylic acids is 1. The summed E-state index contributed by atoms with van der Waals surface area (Å²) in [6.07, 6.45) is 5.54. The molecule has 0 aliphatic carbocycles. The topological polar surface area (TPSA) is 81.7 Å². The zero-order valence-corrected chi connectivity index (χ0v) is 15.4. The van der Waals surface area contributed by atoms with Gasteiger partial charge in [0, 0.05) is 19.5 Å². The van der Waals surface area contributed by atoms with Gasteiger partial charge in [-0.1, -0.05) is 30.3 Å². The minimum absolute atomic E-state index is 0.0900. The summed E-state index contributed by atoms with van der Waals surface area (Å²) in [6.45, 7) is 4.00. The van der Waals surface area contributed by atoms with E-state index in [0.717, 1.165) is 31.8 Å². The number of amides is 1. The number of aryl methyl sites for hydroxylation is 2. The highest BCUT2D eigenvalue weighted by Gasteiger charge is 2.29. The molecule has 1 atom stereocenters. The molecule has 1 fully saturated rings. The molecule has 27 heavy (non-hydrogen) atoms. The van der Waals surface area contributed by atoms with Crippen molar-refractivity contribution in [2.75, 3.05) is 6.54 Å².